The maximum absolute atomic E-state index is 12.0. The zero-order chi connectivity index (χ0) is 13.1. The van der Waals surface area contributed by atoms with E-state index < -0.39 is 5.91 Å². The van der Waals surface area contributed by atoms with Crippen molar-refractivity contribution in [1.29, 1.82) is 0 Å². The molecule has 0 aromatic carbocycles. The van der Waals surface area contributed by atoms with E-state index in [-0.39, 0.29) is 17.2 Å². The number of rotatable bonds is 4. The van der Waals surface area contributed by atoms with Crippen LogP contribution in [0, 0.1) is 0 Å². The summed E-state index contributed by atoms with van der Waals surface area (Å²) in [6.07, 6.45) is 2.91. The minimum atomic E-state index is -0.433. The Morgan fingerprint density at radius 2 is 2.44 bits per heavy atom. The molecular weight excluding hydrogens is 254 g/mol. The van der Waals surface area contributed by atoms with Crippen LogP contribution in [-0.2, 0) is 4.74 Å². The molecule has 7 heteroatoms. The summed E-state index contributed by atoms with van der Waals surface area (Å²) in [5, 5.41) is 4.43. The monoisotopic (exact) mass is 267 g/mol. The fourth-order valence-electron chi connectivity index (χ4n) is 1.57. The second-order valence-electron chi connectivity index (χ2n) is 3.86. The van der Waals surface area contributed by atoms with Gasteiger partial charge in [0.05, 0.1) is 6.61 Å². The van der Waals surface area contributed by atoms with Crippen LogP contribution in [0.1, 0.15) is 17.3 Å². The van der Waals surface area contributed by atoms with E-state index in [9.17, 15) is 9.59 Å². The minimum Gasteiger partial charge on any atom is -0.383 e. The lowest BCUT2D eigenvalue weighted by molar-refractivity contribution is 0.0903. The molecule has 0 radical (unpaired) electrons. The first-order valence-corrected chi connectivity index (χ1v) is 6.26. The zero-order valence-corrected chi connectivity index (χ0v) is 10.9. The van der Waals surface area contributed by atoms with Crippen LogP contribution in [0.4, 0.5) is 0 Å². The first-order valence-electron chi connectivity index (χ1n) is 5.38. The number of thiazole rings is 1. The quantitative estimate of drug-likeness (QED) is 0.876. The molecule has 6 nitrogen and oxygen atoms in total. The van der Waals surface area contributed by atoms with Gasteiger partial charge in [-0.2, -0.15) is 0 Å². The van der Waals surface area contributed by atoms with Crippen molar-refractivity contribution in [1.82, 2.24) is 14.7 Å². The molecule has 18 heavy (non-hydrogen) atoms. The Balaban J connectivity index is 2.28. The number of carbonyl (C=O) groups is 1. The Morgan fingerprint density at radius 3 is 3.17 bits per heavy atom. The van der Waals surface area contributed by atoms with Crippen LogP contribution >= 0.6 is 11.3 Å². The van der Waals surface area contributed by atoms with Gasteiger partial charge in [-0.25, -0.2) is 4.98 Å². The number of hydrogen-bond donors (Lipinski definition) is 1. The third-order valence-electron chi connectivity index (χ3n) is 2.38. The van der Waals surface area contributed by atoms with Crippen molar-refractivity contribution in [2.24, 2.45) is 0 Å². The number of carbonyl (C=O) groups excluding carboxylic acids is 1. The number of nitrogens with one attached hydrogen (secondary N) is 1. The van der Waals surface area contributed by atoms with E-state index in [1.807, 2.05) is 0 Å². The largest absolute Gasteiger partial charge is 0.383 e. The molecule has 1 unspecified atom stereocenters. The molecule has 0 saturated carbocycles. The second-order valence-corrected chi connectivity index (χ2v) is 4.74. The van der Waals surface area contributed by atoms with Gasteiger partial charge < -0.3 is 10.1 Å². The molecule has 96 valence electrons. The van der Waals surface area contributed by atoms with Crippen molar-refractivity contribution in [2.45, 2.75) is 13.0 Å². The summed E-state index contributed by atoms with van der Waals surface area (Å²) in [4.78, 5) is 28.5. The minimum absolute atomic E-state index is 0.0360. The van der Waals surface area contributed by atoms with Crippen molar-refractivity contribution in [2.75, 3.05) is 13.7 Å². The Morgan fingerprint density at radius 1 is 1.67 bits per heavy atom. The Hall–Kier alpha value is -1.73. The molecule has 0 aliphatic heterocycles. The smallest absolute Gasteiger partial charge is 0.271 e. The van der Waals surface area contributed by atoms with Crippen LogP contribution in [0.15, 0.2) is 22.6 Å². The van der Waals surface area contributed by atoms with Gasteiger partial charge in [-0.15, -0.1) is 11.3 Å². The third kappa shape index (κ3) is 2.41. The SMILES string of the molecule is COCC(C)NC(=O)c1cnc2sccn2c1=O. The molecule has 1 N–H and O–H groups in total. The van der Waals surface area contributed by atoms with Gasteiger partial charge in [0, 0.05) is 30.9 Å². The van der Waals surface area contributed by atoms with Gasteiger partial charge in [-0.3, -0.25) is 14.0 Å². The van der Waals surface area contributed by atoms with Crippen LogP contribution in [0.5, 0.6) is 0 Å². The number of ether oxygens (including phenoxy) is 1. The van der Waals surface area contributed by atoms with Crippen molar-refractivity contribution < 1.29 is 9.53 Å². The van der Waals surface area contributed by atoms with Crippen molar-refractivity contribution in [3.63, 3.8) is 0 Å². The van der Waals surface area contributed by atoms with E-state index in [2.05, 4.69) is 10.3 Å². The molecule has 1 amide bonds. The number of aromatic nitrogens is 2. The lowest BCUT2D eigenvalue weighted by atomic mass is 10.2. The standard InChI is InChI=1S/C11H13N3O3S/c1-7(6-17-2)13-9(15)8-5-12-11-14(10(8)16)3-4-18-11/h3-5,7H,6H2,1-2H3,(H,13,15). The number of amides is 1. The molecule has 1 atom stereocenters. The van der Waals surface area contributed by atoms with E-state index in [0.29, 0.717) is 11.6 Å². The Labute approximate surface area is 107 Å². The van der Waals surface area contributed by atoms with Crippen LogP contribution in [0.2, 0.25) is 0 Å². The van der Waals surface area contributed by atoms with Gasteiger partial charge >= 0.3 is 0 Å². The molecule has 2 aromatic rings. The zero-order valence-electron chi connectivity index (χ0n) is 10.0. The van der Waals surface area contributed by atoms with Gasteiger partial charge in [0.25, 0.3) is 11.5 Å². The summed E-state index contributed by atoms with van der Waals surface area (Å²) in [7, 11) is 1.55. The molecular formula is C11H13N3O3S. The van der Waals surface area contributed by atoms with Gasteiger partial charge in [0.1, 0.15) is 5.56 Å². The van der Waals surface area contributed by atoms with Gasteiger partial charge in [-0.1, -0.05) is 0 Å². The fraction of sp³-hybridized carbons (Fsp3) is 0.364. The molecule has 0 spiro atoms. The third-order valence-corrected chi connectivity index (χ3v) is 3.15. The molecule has 0 aliphatic carbocycles. The maximum Gasteiger partial charge on any atom is 0.271 e. The average Bonchev–Trinajstić information content (AvgIpc) is 2.78. The van der Waals surface area contributed by atoms with Crippen molar-refractivity contribution >= 4 is 22.2 Å². The highest BCUT2D eigenvalue weighted by Crippen LogP contribution is 2.05. The second kappa shape index (κ2) is 5.28. The molecule has 0 bridgehead atoms. The summed E-state index contributed by atoms with van der Waals surface area (Å²) in [5.74, 6) is -0.433. The van der Waals surface area contributed by atoms with E-state index in [0.717, 1.165) is 0 Å². The Bertz CT molecular complexity index is 619. The summed E-state index contributed by atoms with van der Waals surface area (Å²) in [6.45, 7) is 2.19. The fourth-order valence-corrected chi connectivity index (χ4v) is 2.25. The molecule has 0 fully saturated rings. The maximum atomic E-state index is 12.0. The van der Waals surface area contributed by atoms with Crippen LogP contribution in [0.3, 0.4) is 0 Å². The van der Waals surface area contributed by atoms with E-state index in [1.165, 1.54) is 21.9 Å². The highest BCUT2D eigenvalue weighted by molar-refractivity contribution is 7.15. The number of fused-ring (bicyclic) bond motifs is 1. The van der Waals surface area contributed by atoms with Crippen molar-refractivity contribution in [3.05, 3.63) is 33.7 Å². The normalized spacial score (nSPS) is 12.6. The van der Waals surface area contributed by atoms with E-state index >= 15 is 0 Å². The van der Waals surface area contributed by atoms with Crippen LogP contribution < -0.4 is 10.9 Å². The lowest BCUT2D eigenvalue weighted by Crippen LogP contribution is -2.38. The predicted molar refractivity (Wildman–Crippen MR) is 68.1 cm³/mol. The highest BCUT2D eigenvalue weighted by atomic mass is 32.1. The topological polar surface area (TPSA) is 72.7 Å². The Kier molecular flexibility index (Phi) is 3.73. The molecule has 2 rings (SSSR count). The van der Waals surface area contributed by atoms with E-state index in [4.69, 9.17) is 4.74 Å². The first kappa shape index (κ1) is 12.7. The van der Waals surface area contributed by atoms with Gasteiger partial charge in [0.2, 0.25) is 0 Å². The molecule has 0 saturated heterocycles. The van der Waals surface area contributed by atoms with E-state index in [1.54, 1.807) is 25.6 Å². The molecule has 2 aromatic heterocycles. The summed E-state index contributed by atoms with van der Waals surface area (Å²) < 4.78 is 6.28. The predicted octanol–water partition coefficient (Wildman–Crippen LogP) is 0.521. The van der Waals surface area contributed by atoms with Gasteiger partial charge in [0.15, 0.2) is 4.96 Å². The van der Waals surface area contributed by atoms with Crippen LogP contribution in [-0.4, -0.2) is 35.1 Å². The summed E-state index contributed by atoms with van der Waals surface area (Å²) in [5.41, 5.74) is -0.322. The molecule has 2 heterocycles. The van der Waals surface area contributed by atoms with Gasteiger partial charge in [-0.05, 0) is 6.92 Å². The average molecular weight is 267 g/mol. The highest BCUT2D eigenvalue weighted by Gasteiger charge is 2.15. The molecule has 0 aliphatic rings. The lowest BCUT2D eigenvalue weighted by Gasteiger charge is -2.12. The van der Waals surface area contributed by atoms with Crippen molar-refractivity contribution in [3.8, 4) is 0 Å². The number of methoxy groups -OCH3 is 1. The summed E-state index contributed by atoms with van der Waals surface area (Å²) in [6, 6.07) is -0.162. The summed E-state index contributed by atoms with van der Waals surface area (Å²) >= 11 is 1.34. The van der Waals surface area contributed by atoms with Crippen LogP contribution in [0.25, 0.3) is 4.96 Å². The number of nitrogens with zero attached hydrogens (tertiary/aromatic N) is 2. The number of hydrogen-bond acceptors (Lipinski definition) is 5. The first-order chi connectivity index (χ1) is 8.63.